The molecule has 1 unspecified atom stereocenters. The van der Waals surface area contributed by atoms with Crippen molar-refractivity contribution in [1.82, 2.24) is 14.8 Å². The molecule has 0 fully saturated rings. The second kappa shape index (κ2) is 6.18. The van der Waals surface area contributed by atoms with E-state index in [2.05, 4.69) is 16.8 Å². The highest BCUT2D eigenvalue weighted by Gasteiger charge is 2.22. The summed E-state index contributed by atoms with van der Waals surface area (Å²) in [5, 5.41) is 0.967. The van der Waals surface area contributed by atoms with Crippen LogP contribution in [0.3, 0.4) is 0 Å². The number of likely N-dealkylation sites (N-methyl/N-ethyl adjacent to an activating group) is 2. The summed E-state index contributed by atoms with van der Waals surface area (Å²) in [5.41, 5.74) is 8.03. The van der Waals surface area contributed by atoms with E-state index in [1.807, 2.05) is 50.2 Å². The van der Waals surface area contributed by atoms with E-state index >= 15 is 0 Å². The van der Waals surface area contributed by atoms with Gasteiger partial charge in [0, 0.05) is 24.5 Å². The maximum Gasteiger partial charge on any atom is 0.270 e. The number of carbonyl (C=O) groups excluding carboxylic acids is 1. The van der Waals surface area contributed by atoms with Gasteiger partial charge in [0.15, 0.2) is 0 Å². The number of anilines is 1. The summed E-state index contributed by atoms with van der Waals surface area (Å²) in [6, 6.07) is 7.71. The van der Waals surface area contributed by atoms with E-state index in [0.29, 0.717) is 17.9 Å². The Balaban J connectivity index is 2.29. The molecule has 1 aromatic carbocycles. The highest BCUT2D eigenvalue weighted by atomic mass is 16.2. The van der Waals surface area contributed by atoms with Gasteiger partial charge in [0.1, 0.15) is 5.69 Å². The standard InChI is InChI=1S/C16H24N4O/c1-5-20(11(2)10-19(3)4)16(21)14-9-12-7-6-8-13(17)15(12)18-14/h6-9,11,18H,5,10,17H2,1-4H3. The first-order valence-corrected chi connectivity index (χ1v) is 7.27. The number of rotatable bonds is 5. The summed E-state index contributed by atoms with van der Waals surface area (Å²) in [6.45, 7) is 5.58. The molecule has 0 aliphatic heterocycles. The molecule has 0 radical (unpaired) electrons. The lowest BCUT2D eigenvalue weighted by Crippen LogP contribution is -2.43. The van der Waals surface area contributed by atoms with E-state index in [0.717, 1.165) is 17.4 Å². The molecule has 5 heteroatoms. The van der Waals surface area contributed by atoms with Gasteiger partial charge in [-0.05, 0) is 40.1 Å². The lowest BCUT2D eigenvalue weighted by atomic mass is 10.2. The number of amides is 1. The van der Waals surface area contributed by atoms with Crippen LogP contribution >= 0.6 is 0 Å². The highest BCUT2D eigenvalue weighted by molar-refractivity contribution is 6.00. The topological polar surface area (TPSA) is 65.4 Å². The van der Waals surface area contributed by atoms with Crippen LogP contribution in [0.2, 0.25) is 0 Å². The number of carbonyl (C=O) groups is 1. The minimum atomic E-state index is 0.0162. The fourth-order valence-corrected chi connectivity index (χ4v) is 2.73. The predicted molar refractivity (Wildman–Crippen MR) is 87.4 cm³/mol. The molecule has 1 atom stereocenters. The predicted octanol–water partition coefficient (Wildman–Crippen LogP) is 2.16. The van der Waals surface area contributed by atoms with Crippen LogP contribution in [0.15, 0.2) is 24.3 Å². The Morgan fingerprint density at radius 3 is 2.67 bits per heavy atom. The van der Waals surface area contributed by atoms with Crippen LogP contribution in [0.1, 0.15) is 24.3 Å². The zero-order valence-corrected chi connectivity index (χ0v) is 13.2. The molecule has 1 aromatic heterocycles. The van der Waals surface area contributed by atoms with Crippen LogP contribution in [0.4, 0.5) is 5.69 Å². The fourth-order valence-electron chi connectivity index (χ4n) is 2.73. The van der Waals surface area contributed by atoms with Crippen molar-refractivity contribution in [2.75, 3.05) is 32.9 Å². The molecule has 0 aliphatic carbocycles. The summed E-state index contributed by atoms with van der Waals surface area (Å²) < 4.78 is 0. The summed E-state index contributed by atoms with van der Waals surface area (Å²) in [7, 11) is 4.02. The third kappa shape index (κ3) is 3.19. The number of nitrogens with zero attached hydrogens (tertiary/aromatic N) is 2. The highest BCUT2D eigenvalue weighted by Crippen LogP contribution is 2.22. The van der Waals surface area contributed by atoms with Gasteiger partial charge in [-0.15, -0.1) is 0 Å². The minimum absolute atomic E-state index is 0.0162. The molecule has 2 aromatic rings. The molecule has 0 spiro atoms. The van der Waals surface area contributed by atoms with Crippen LogP contribution < -0.4 is 5.73 Å². The third-order valence-corrected chi connectivity index (χ3v) is 3.68. The zero-order chi connectivity index (χ0) is 15.6. The zero-order valence-electron chi connectivity index (χ0n) is 13.2. The molecule has 0 aliphatic rings. The van der Waals surface area contributed by atoms with Crippen molar-refractivity contribution in [2.45, 2.75) is 19.9 Å². The van der Waals surface area contributed by atoms with Gasteiger partial charge in [0.05, 0.1) is 11.2 Å². The van der Waals surface area contributed by atoms with Gasteiger partial charge >= 0.3 is 0 Å². The second-order valence-corrected chi connectivity index (χ2v) is 5.70. The maximum absolute atomic E-state index is 12.7. The average Bonchev–Trinajstić information content (AvgIpc) is 2.84. The number of nitrogen functional groups attached to an aromatic ring is 1. The third-order valence-electron chi connectivity index (χ3n) is 3.68. The quantitative estimate of drug-likeness (QED) is 0.829. The Morgan fingerprint density at radius 2 is 2.10 bits per heavy atom. The van der Waals surface area contributed by atoms with Gasteiger partial charge in [-0.25, -0.2) is 0 Å². The van der Waals surface area contributed by atoms with Crippen molar-refractivity contribution in [2.24, 2.45) is 0 Å². The molecule has 0 saturated heterocycles. The van der Waals surface area contributed by atoms with E-state index in [1.165, 1.54) is 0 Å². The van der Waals surface area contributed by atoms with Crippen LogP contribution in [-0.4, -0.2) is 53.9 Å². The van der Waals surface area contributed by atoms with Gasteiger partial charge in [-0.3, -0.25) is 4.79 Å². The number of benzene rings is 1. The lowest BCUT2D eigenvalue weighted by molar-refractivity contribution is 0.0674. The maximum atomic E-state index is 12.7. The first-order valence-electron chi connectivity index (χ1n) is 7.27. The van der Waals surface area contributed by atoms with Crippen molar-refractivity contribution in [1.29, 1.82) is 0 Å². The number of hydrogen-bond acceptors (Lipinski definition) is 3. The summed E-state index contributed by atoms with van der Waals surface area (Å²) in [5.74, 6) is 0.0162. The van der Waals surface area contributed by atoms with Crippen molar-refractivity contribution in [3.63, 3.8) is 0 Å². The number of H-pyrrole nitrogens is 1. The van der Waals surface area contributed by atoms with Crippen molar-refractivity contribution in [3.05, 3.63) is 30.0 Å². The number of nitrogens with two attached hydrogens (primary N) is 1. The van der Waals surface area contributed by atoms with E-state index in [9.17, 15) is 4.79 Å². The fraction of sp³-hybridized carbons (Fsp3) is 0.438. The van der Waals surface area contributed by atoms with Crippen LogP contribution in [0.25, 0.3) is 10.9 Å². The first kappa shape index (κ1) is 15.4. The molecular weight excluding hydrogens is 264 g/mol. The van der Waals surface area contributed by atoms with Crippen molar-refractivity contribution < 1.29 is 4.79 Å². The normalized spacial score (nSPS) is 12.8. The molecule has 0 bridgehead atoms. The molecular formula is C16H24N4O. The Morgan fingerprint density at radius 1 is 1.38 bits per heavy atom. The Kier molecular flexibility index (Phi) is 4.53. The number of aromatic nitrogens is 1. The summed E-state index contributed by atoms with van der Waals surface area (Å²) in [4.78, 5) is 19.8. The second-order valence-electron chi connectivity index (χ2n) is 5.70. The molecule has 114 valence electrons. The largest absolute Gasteiger partial charge is 0.397 e. The molecule has 1 amide bonds. The summed E-state index contributed by atoms with van der Waals surface area (Å²) in [6.07, 6.45) is 0. The molecule has 21 heavy (non-hydrogen) atoms. The van der Waals surface area contributed by atoms with Gasteiger partial charge in [0.2, 0.25) is 0 Å². The van der Waals surface area contributed by atoms with Crippen LogP contribution in [0, 0.1) is 0 Å². The number of nitrogens with one attached hydrogen (secondary N) is 1. The minimum Gasteiger partial charge on any atom is -0.397 e. The lowest BCUT2D eigenvalue weighted by Gasteiger charge is -2.29. The Labute approximate surface area is 125 Å². The van der Waals surface area contributed by atoms with Crippen molar-refractivity contribution in [3.8, 4) is 0 Å². The van der Waals surface area contributed by atoms with Crippen LogP contribution in [-0.2, 0) is 0 Å². The van der Waals surface area contributed by atoms with Gasteiger partial charge < -0.3 is 20.5 Å². The smallest absolute Gasteiger partial charge is 0.270 e. The van der Waals surface area contributed by atoms with E-state index in [4.69, 9.17) is 5.73 Å². The van der Waals surface area contributed by atoms with E-state index < -0.39 is 0 Å². The Bertz CT molecular complexity index is 632. The molecule has 3 N–H and O–H groups in total. The number of fused-ring (bicyclic) bond motifs is 1. The number of hydrogen-bond donors (Lipinski definition) is 2. The Hall–Kier alpha value is -2.01. The number of para-hydroxylation sites is 1. The summed E-state index contributed by atoms with van der Waals surface area (Å²) >= 11 is 0. The van der Waals surface area contributed by atoms with E-state index in [-0.39, 0.29) is 11.9 Å². The monoisotopic (exact) mass is 288 g/mol. The van der Waals surface area contributed by atoms with E-state index in [1.54, 1.807) is 0 Å². The van der Waals surface area contributed by atoms with Crippen LogP contribution in [0.5, 0.6) is 0 Å². The SMILES string of the molecule is CCN(C(=O)c1cc2cccc(N)c2[nH]1)C(C)CN(C)C. The van der Waals surface area contributed by atoms with Gasteiger partial charge in [0.25, 0.3) is 5.91 Å². The molecule has 5 nitrogen and oxygen atoms in total. The average molecular weight is 288 g/mol. The van der Waals surface area contributed by atoms with Crippen molar-refractivity contribution >= 4 is 22.5 Å². The molecule has 0 saturated carbocycles. The van der Waals surface area contributed by atoms with Gasteiger partial charge in [-0.1, -0.05) is 12.1 Å². The molecule has 1 heterocycles. The first-order chi connectivity index (χ1) is 9.93. The number of aromatic amines is 1. The van der Waals surface area contributed by atoms with Gasteiger partial charge in [-0.2, -0.15) is 0 Å². The molecule has 2 rings (SSSR count).